The molecule has 3 aromatic rings. The second-order valence-corrected chi connectivity index (χ2v) is 8.97. The molecule has 0 spiro atoms. The van der Waals surface area contributed by atoms with Crippen molar-refractivity contribution in [3.05, 3.63) is 87.9 Å². The fourth-order valence-corrected chi connectivity index (χ4v) is 4.58. The fraction of sp³-hybridized carbons (Fsp3) is 0.321. The summed E-state index contributed by atoms with van der Waals surface area (Å²) < 4.78 is 10.7. The molecule has 6 heteroatoms. The van der Waals surface area contributed by atoms with E-state index in [1.165, 1.54) is 11.1 Å². The van der Waals surface area contributed by atoms with Gasteiger partial charge < -0.3 is 19.9 Å². The molecule has 34 heavy (non-hydrogen) atoms. The Morgan fingerprint density at radius 3 is 2.65 bits per heavy atom. The van der Waals surface area contributed by atoms with E-state index in [-0.39, 0.29) is 12.0 Å². The Morgan fingerprint density at radius 2 is 1.91 bits per heavy atom. The van der Waals surface area contributed by atoms with Gasteiger partial charge in [0.15, 0.2) is 0 Å². The van der Waals surface area contributed by atoms with Crippen LogP contribution in [0.4, 0.5) is 0 Å². The van der Waals surface area contributed by atoms with Gasteiger partial charge in [-0.05, 0) is 78.8 Å². The van der Waals surface area contributed by atoms with E-state index in [9.17, 15) is 9.90 Å². The molecule has 0 saturated carbocycles. The van der Waals surface area contributed by atoms with Crippen LogP contribution in [0.5, 0.6) is 5.75 Å². The summed E-state index contributed by atoms with van der Waals surface area (Å²) in [4.78, 5) is 12.1. The minimum absolute atomic E-state index is 0.290. The highest BCUT2D eigenvalue weighted by Gasteiger charge is 2.21. The number of hydrogen-bond acceptors (Lipinski definition) is 5. The van der Waals surface area contributed by atoms with Gasteiger partial charge in [-0.25, -0.2) is 4.79 Å². The summed E-state index contributed by atoms with van der Waals surface area (Å²) in [6.45, 7) is 2.61. The SMILES string of the molecule is CCOC(=O)c1ccc(-c2ccc3c(c2)C[C@@H](NC[C@@H](O)c2ccc(Cl)cc2)CC3)c(OC)c1. The van der Waals surface area contributed by atoms with Gasteiger partial charge >= 0.3 is 5.97 Å². The van der Waals surface area contributed by atoms with E-state index >= 15 is 0 Å². The summed E-state index contributed by atoms with van der Waals surface area (Å²) in [7, 11) is 1.61. The number of rotatable bonds is 8. The minimum atomic E-state index is -0.577. The molecule has 0 fully saturated rings. The van der Waals surface area contributed by atoms with Gasteiger partial charge in [-0.15, -0.1) is 0 Å². The zero-order valence-electron chi connectivity index (χ0n) is 19.5. The van der Waals surface area contributed by atoms with Crippen molar-refractivity contribution < 1.29 is 19.4 Å². The second kappa shape index (κ2) is 11.0. The Labute approximate surface area is 205 Å². The molecule has 2 N–H and O–H groups in total. The lowest BCUT2D eigenvalue weighted by Crippen LogP contribution is -2.37. The van der Waals surface area contributed by atoms with Crippen LogP contribution in [0.25, 0.3) is 11.1 Å². The lowest BCUT2D eigenvalue weighted by atomic mass is 9.86. The van der Waals surface area contributed by atoms with Crippen LogP contribution in [0, 0.1) is 0 Å². The van der Waals surface area contributed by atoms with Crippen molar-refractivity contribution in [1.29, 1.82) is 0 Å². The number of halogens is 1. The van der Waals surface area contributed by atoms with Crippen molar-refractivity contribution in [1.82, 2.24) is 5.32 Å². The summed E-state index contributed by atoms with van der Waals surface area (Å²) in [5.74, 6) is 0.287. The zero-order chi connectivity index (χ0) is 24.1. The van der Waals surface area contributed by atoms with E-state index in [0.29, 0.717) is 29.5 Å². The van der Waals surface area contributed by atoms with Gasteiger partial charge in [0.2, 0.25) is 0 Å². The Balaban J connectivity index is 1.47. The molecule has 0 radical (unpaired) electrons. The van der Waals surface area contributed by atoms with Crippen molar-refractivity contribution in [2.75, 3.05) is 20.3 Å². The lowest BCUT2D eigenvalue weighted by molar-refractivity contribution is 0.0526. The molecule has 4 rings (SSSR count). The number of nitrogens with one attached hydrogen (secondary N) is 1. The first-order valence-electron chi connectivity index (χ1n) is 11.6. The highest BCUT2D eigenvalue weighted by Crippen LogP contribution is 2.34. The molecule has 0 aromatic heterocycles. The van der Waals surface area contributed by atoms with Crippen molar-refractivity contribution in [2.45, 2.75) is 38.3 Å². The Morgan fingerprint density at radius 1 is 1.12 bits per heavy atom. The van der Waals surface area contributed by atoms with E-state index in [2.05, 4.69) is 23.5 Å². The number of fused-ring (bicyclic) bond motifs is 1. The van der Waals surface area contributed by atoms with Crippen molar-refractivity contribution >= 4 is 17.6 Å². The maximum atomic E-state index is 12.1. The quantitative estimate of drug-likeness (QED) is 0.425. The average molecular weight is 480 g/mol. The maximum Gasteiger partial charge on any atom is 0.338 e. The highest BCUT2D eigenvalue weighted by atomic mass is 35.5. The number of aryl methyl sites for hydroxylation is 1. The molecule has 5 nitrogen and oxygen atoms in total. The van der Waals surface area contributed by atoms with Gasteiger partial charge in [0.05, 0.1) is 25.4 Å². The number of aliphatic hydroxyl groups excluding tert-OH is 1. The molecule has 0 amide bonds. The average Bonchev–Trinajstić information content (AvgIpc) is 2.87. The summed E-state index contributed by atoms with van der Waals surface area (Å²) in [5, 5.41) is 14.7. The number of aliphatic hydroxyl groups is 1. The number of esters is 1. The van der Waals surface area contributed by atoms with Gasteiger partial charge in [-0.1, -0.05) is 41.9 Å². The van der Waals surface area contributed by atoms with E-state index in [1.807, 2.05) is 18.2 Å². The first-order chi connectivity index (χ1) is 16.5. The molecule has 1 aliphatic rings. The minimum Gasteiger partial charge on any atom is -0.496 e. The molecule has 178 valence electrons. The molecule has 0 unspecified atom stereocenters. The summed E-state index contributed by atoms with van der Waals surface area (Å²) in [5.41, 5.74) is 5.96. The Bertz CT molecular complexity index is 1150. The predicted molar refractivity (Wildman–Crippen MR) is 135 cm³/mol. The third-order valence-corrected chi connectivity index (χ3v) is 6.57. The predicted octanol–water partition coefficient (Wildman–Crippen LogP) is 5.37. The third kappa shape index (κ3) is 5.61. The Kier molecular flexibility index (Phi) is 7.88. The first kappa shape index (κ1) is 24.3. The maximum absolute atomic E-state index is 12.1. The number of carbonyl (C=O) groups excluding carboxylic acids is 1. The normalized spacial score (nSPS) is 15.9. The lowest BCUT2D eigenvalue weighted by Gasteiger charge is -2.27. The van der Waals surface area contributed by atoms with E-state index in [4.69, 9.17) is 21.1 Å². The molecule has 0 aliphatic heterocycles. The standard InChI is InChI=1S/C28H30ClNO4/c1-3-34-28(32)21-9-13-25(27(16-21)33-2)20-5-4-18-8-12-24(15-22(18)14-20)30-17-26(31)19-6-10-23(29)11-7-19/h4-7,9-11,13-14,16,24,26,30-31H,3,8,12,15,17H2,1-2H3/t24-,26+/m0/s1. The van der Waals surface area contributed by atoms with Crippen LogP contribution in [0.15, 0.2) is 60.7 Å². The molecule has 3 aromatic carbocycles. The zero-order valence-corrected chi connectivity index (χ0v) is 20.3. The van der Waals surface area contributed by atoms with Gasteiger partial charge in [-0.2, -0.15) is 0 Å². The van der Waals surface area contributed by atoms with Crippen LogP contribution in [-0.4, -0.2) is 37.4 Å². The highest BCUT2D eigenvalue weighted by molar-refractivity contribution is 6.30. The van der Waals surface area contributed by atoms with E-state index < -0.39 is 6.10 Å². The van der Waals surface area contributed by atoms with Crippen molar-refractivity contribution in [3.8, 4) is 16.9 Å². The number of ether oxygens (including phenoxy) is 2. The number of hydrogen-bond donors (Lipinski definition) is 2. The molecule has 0 bridgehead atoms. The third-order valence-electron chi connectivity index (χ3n) is 6.31. The fourth-order valence-electron chi connectivity index (χ4n) is 4.45. The van der Waals surface area contributed by atoms with Crippen LogP contribution in [-0.2, 0) is 17.6 Å². The van der Waals surface area contributed by atoms with Crippen molar-refractivity contribution in [2.24, 2.45) is 0 Å². The summed E-state index contributed by atoms with van der Waals surface area (Å²) in [6.07, 6.45) is 2.33. The van der Waals surface area contributed by atoms with Crippen LogP contribution >= 0.6 is 11.6 Å². The van der Waals surface area contributed by atoms with Crippen LogP contribution < -0.4 is 10.1 Å². The molecule has 0 saturated heterocycles. The second-order valence-electron chi connectivity index (χ2n) is 8.53. The smallest absolute Gasteiger partial charge is 0.338 e. The number of carbonyl (C=O) groups is 1. The molecular weight excluding hydrogens is 450 g/mol. The van der Waals surface area contributed by atoms with Gasteiger partial charge in [-0.3, -0.25) is 0 Å². The van der Waals surface area contributed by atoms with Crippen molar-refractivity contribution in [3.63, 3.8) is 0 Å². The number of benzene rings is 3. The van der Waals surface area contributed by atoms with Crippen LogP contribution in [0.2, 0.25) is 5.02 Å². The topological polar surface area (TPSA) is 67.8 Å². The van der Waals surface area contributed by atoms with Crippen LogP contribution in [0.3, 0.4) is 0 Å². The van der Waals surface area contributed by atoms with Gasteiger partial charge in [0.1, 0.15) is 5.75 Å². The van der Waals surface area contributed by atoms with E-state index in [0.717, 1.165) is 36.0 Å². The summed E-state index contributed by atoms with van der Waals surface area (Å²) >= 11 is 5.95. The first-order valence-corrected chi connectivity index (χ1v) is 12.0. The van der Waals surface area contributed by atoms with Gasteiger partial charge in [0.25, 0.3) is 0 Å². The summed E-state index contributed by atoms with van der Waals surface area (Å²) in [6, 6.07) is 19.5. The monoisotopic (exact) mass is 479 g/mol. The van der Waals surface area contributed by atoms with E-state index in [1.54, 1.807) is 38.3 Å². The molecule has 2 atom stereocenters. The van der Waals surface area contributed by atoms with Gasteiger partial charge in [0, 0.05) is 23.2 Å². The molecule has 1 aliphatic carbocycles. The molecular formula is C28H30ClNO4. The van der Waals surface area contributed by atoms with Crippen LogP contribution in [0.1, 0.15) is 46.5 Å². The largest absolute Gasteiger partial charge is 0.496 e. The Hall–Kier alpha value is -2.86. The molecule has 0 heterocycles. The number of methoxy groups -OCH3 is 1.